The Balaban J connectivity index is 1.92. The average Bonchev–Trinajstić information content (AvgIpc) is 2.68. The van der Waals surface area contributed by atoms with E-state index in [0.717, 1.165) is 24.3 Å². The highest BCUT2D eigenvalue weighted by molar-refractivity contribution is 5.99. The van der Waals surface area contributed by atoms with Crippen molar-refractivity contribution in [1.29, 1.82) is 0 Å². The second-order valence-electron chi connectivity index (χ2n) is 5.45. The van der Waals surface area contributed by atoms with Gasteiger partial charge >= 0.3 is 0 Å². The average molecular weight is 247 g/mol. The van der Waals surface area contributed by atoms with Crippen LogP contribution >= 0.6 is 0 Å². The molecule has 1 heterocycles. The Morgan fingerprint density at radius 3 is 2.89 bits per heavy atom. The number of anilines is 1. The number of hydrogen-bond acceptors (Lipinski definition) is 3. The molecule has 0 bridgehead atoms. The molecule has 2 rings (SSSR count). The molecule has 0 spiro atoms. The van der Waals surface area contributed by atoms with Crippen molar-refractivity contribution in [2.45, 2.75) is 32.4 Å². The molecule has 0 aromatic heterocycles. The summed E-state index contributed by atoms with van der Waals surface area (Å²) >= 11 is 0. The van der Waals surface area contributed by atoms with E-state index in [1.165, 1.54) is 5.56 Å². The largest absolute Gasteiger partial charge is 0.326 e. The molecule has 4 heteroatoms. The monoisotopic (exact) mass is 247 g/mol. The summed E-state index contributed by atoms with van der Waals surface area (Å²) < 4.78 is 0. The van der Waals surface area contributed by atoms with Crippen LogP contribution in [-0.2, 0) is 17.8 Å². The van der Waals surface area contributed by atoms with Gasteiger partial charge in [-0.25, -0.2) is 0 Å². The van der Waals surface area contributed by atoms with Gasteiger partial charge in [-0.15, -0.1) is 0 Å². The number of rotatable bonds is 5. The second-order valence-corrected chi connectivity index (χ2v) is 5.45. The lowest BCUT2D eigenvalue weighted by atomic mass is 10.1. The second kappa shape index (κ2) is 5.08. The van der Waals surface area contributed by atoms with Crippen LogP contribution < -0.4 is 16.0 Å². The van der Waals surface area contributed by atoms with E-state index in [1.807, 2.05) is 13.1 Å². The molecule has 0 unspecified atom stereocenters. The Hall–Kier alpha value is -1.39. The molecule has 0 fully saturated rings. The van der Waals surface area contributed by atoms with E-state index in [0.29, 0.717) is 6.42 Å². The summed E-state index contributed by atoms with van der Waals surface area (Å²) in [5.41, 5.74) is 3.37. The molecule has 1 aromatic rings. The molecule has 0 radical (unpaired) electrons. The molecule has 0 aliphatic carbocycles. The normalized spacial score (nSPS) is 14.5. The number of carbonyl (C=O) groups is 1. The van der Waals surface area contributed by atoms with Crippen molar-refractivity contribution in [2.75, 3.05) is 18.9 Å². The number of amides is 1. The molecule has 1 aromatic carbocycles. The van der Waals surface area contributed by atoms with Gasteiger partial charge in [0.1, 0.15) is 0 Å². The van der Waals surface area contributed by atoms with Gasteiger partial charge in [0.25, 0.3) is 0 Å². The van der Waals surface area contributed by atoms with E-state index in [1.54, 1.807) is 0 Å². The van der Waals surface area contributed by atoms with Gasteiger partial charge in [-0.1, -0.05) is 12.1 Å². The summed E-state index contributed by atoms with van der Waals surface area (Å²) in [5, 5.41) is 9.53. The number of hydrogen-bond donors (Lipinski definition) is 3. The van der Waals surface area contributed by atoms with Crippen molar-refractivity contribution >= 4 is 11.6 Å². The Bertz CT molecular complexity index is 454. The fraction of sp³-hybridized carbons (Fsp3) is 0.500. The van der Waals surface area contributed by atoms with Gasteiger partial charge in [-0.05, 0) is 38.1 Å². The minimum atomic E-state index is 0.0893. The van der Waals surface area contributed by atoms with Crippen molar-refractivity contribution in [3.8, 4) is 0 Å². The summed E-state index contributed by atoms with van der Waals surface area (Å²) in [5.74, 6) is 0.0893. The molecule has 0 saturated carbocycles. The van der Waals surface area contributed by atoms with Gasteiger partial charge in [-0.2, -0.15) is 0 Å². The molecule has 1 aliphatic rings. The van der Waals surface area contributed by atoms with Crippen molar-refractivity contribution in [2.24, 2.45) is 0 Å². The Labute approximate surface area is 108 Å². The van der Waals surface area contributed by atoms with Crippen molar-refractivity contribution in [3.63, 3.8) is 0 Å². The predicted octanol–water partition coefficient (Wildman–Crippen LogP) is 1.27. The van der Waals surface area contributed by atoms with E-state index in [4.69, 9.17) is 0 Å². The first-order valence-corrected chi connectivity index (χ1v) is 6.31. The van der Waals surface area contributed by atoms with Crippen LogP contribution in [0, 0.1) is 0 Å². The quantitative estimate of drug-likeness (QED) is 0.734. The summed E-state index contributed by atoms with van der Waals surface area (Å²) in [6, 6.07) is 6.15. The van der Waals surface area contributed by atoms with Crippen molar-refractivity contribution in [3.05, 3.63) is 29.3 Å². The molecule has 0 saturated heterocycles. The number of benzene rings is 1. The van der Waals surface area contributed by atoms with E-state index >= 15 is 0 Å². The van der Waals surface area contributed by atoms with Crippen LogP contribution in [0.2, 0.25) is 0 Å². The van der Waals surface area contributed by atoms with Crippen LogP contribution in [0.1, 0.15) is 25.0 Å². The molecule has 0 atom stereocenters. The molecular formula is C14H21N3O. The minimum absolute atomic E-state index is 0.0893. The molecule has 3 N–H and O–H groups in total. The van der Waals surface area contributed by atoms with E-state index in [9.17, 15) is 4.79 Å². The fourth-order valence-corrected chi connectivity index (χ4v) is 2.00. The standard InChI is InChI=1S/C14H21N3O/c1-14(2,15-3)9-16-8-10-4-5-12-11(6-10)7-13(18)17-12/h4-6,15-16H,7-9H2,1-3H3,(H,17,18). The molecule has 4 nitrogen and oxygen atoms in total. The van der Waals surface area contributed by atoms with Gasteiger partial charge in [0, 0.05) is 24.3 Å². The zero-order valence-corrected chi connectivity index (χ0v) is 11.3. The van der Waals surface area contributed by atoms with E-state index < -0.39 is 0 Å². The fourth-order valence-electron chi connectivity index (χ4n) is 2.00. The van der Waals surface area contributed by atoms with Crippen molar-refractivity contribution < 1.29 is 4.79 Å². The first-order chi connectivity index (χ1) is 8.50. The first-order valence-electron chi connectivity index (χ1n) is 6.31. The van der Waals surface area contributed by atoms with E-state index in [-0.39, 0.29) is 11.4 Å². The summed E-state index contributed by atoms with van der Waals surface area (Å²) in [7, 11) is 1.97. The van der Waals surface area contributed by atoms with Crippen LogP contribution in [0.25, 0.3) is 0 Å². The maximum Gasteiger partial charge on any atom is 0.228 e. The molecule has 18 heavy (non-hydrogen) atoms. The Morgan fingerprint density at radius 1 is 1.39 bits per heavy atom. The molecule has 1 aliphatic heterocycles. The summed E-state index contributed by atoms with van der Waals surface area (Å²) in [6.45, 7) is 6.04. The van der Waals surface area contributed by atoms with Gasteiger partial charge in [0.05, 0.1) is 6.42 Å². The summed E-state index contributed by atoms with van der Waals surface area (Å²) in [6.07, 6.45) is 0.505. The van der Waals surface area contributed by atoms with Crippen LogP contribution in [0.4, 0.5) is 5.69 Å². The lowest BCUT2D eigenvalue weighted by molar-refractivity contribution is -0.115. The van der Waals surface area contributed by atoms with Crippen LogP contribution in [-0.4, -0.2) is 25.0 Å². The Morgan fingerprint density at radius 2 is 2.17 bits per heavy atom. The topological polar surface area (TPSA) is 53.2 Å². The number of nitrogens with one attached hydrogen (secondary N) is 3. The minimum Gasteiger partial charge on any atom is -0.326 e. The maximum atomic E-state index is 11.3. The third kappa shape index (κ3) is 3.09. The van der Waals surface area contributed by atoms with E-state index in [2.05, 4.69) is 41.9 Å². The highest BCUT2D eigenvalue weighted by Crippen LogP contribution is 2.23. The maximum absolute atomic E-state index is 11.3. The highest BCUT2D eigenvalue weighted by atomic mass is 16.1. The van der Waals surface area contributed by atoms with Crippen LogP contribution in [0.3, 0.4) is 0 Å². The SMILES string of the molecule is CNC(C)(C)CNCc1ccc2c(c1)CC(=O)N2. The zero-order valence-electron chi connectivity index (χ0n) is 11.3. The highest BCUT2D eigenvalue weighted by Gasteiger charge is 2.17. The molecular weight excluding hydrogens is 226 g/mol. The van der Waals surface area contributed by atoms with Gasteiger partial charge in [0.2, 0.25) is 5.91 Å². The number of likely N-dealkylation sites (N-methyl/N-ethyl adjacent to an activating group) is 1. The predicted molar refractivity (Wildman–Crippen MR) is 73.6 cm³/mol. The lowest BCUT2D eigenvalue weighted by Crippen LogP contribution is -2.45. The van der Waals surface area contributed by atoms with Gasteiger partial charge in [0.15, 0.2) is 0 Å². The zero-order chi connectivity index (χ0) is 13.2. The third-order valence-electron chi connectivity index (χ3n) is 3.37. The van der Waals surface area contributed by atoms with Crippen molar-refractivity contribution in [1.82, 2.24) is 10.6 Å². The van der Waals surface area contributed by atoms with Gasteiger partial charge in [-0.3, -0.25) is 4.79 Å². The van der Waals surface area contributed by atoms with Crippen LogP contribution in [0.15, 0.2) is 18.2 Å². The number of fused-ring (bicyclic) bond motifs is 1. The number of carbonyl (C=O) groups excluding carboxylic acids is 1. The Kier molecular flexibility index (Phi) is 3.68. The smallest absolute Gasteiger partial charge is 0.228 e. The van der Waals surface area contributed by atoms with Crippen LogP contribution in [0.5, 0.6) is 0 Å². The third-order valence-corrected chi connectivity index (χ3v) is 3.37. The van der Waals surface area contributed by atoms with Gasteiger partial charge < -0.3 is 16.0 Å². The molecule has 1 amide bonds. The first kappa shape index (κ1) is 13.1. The lowest BCUT2D eigenvalue weighted by Gasteiger charge is -2.24. The summed E-state index contributed by atoms with van der Waals surface area (Å²) in [4.78, 5) is 11.3. The molecule has 98 valence electrons.